The molecule has 2 atom stereocenters. The first-order chi connectivity index (χ1) is 11.8. The van der Waals surface area contributed by atoms with Crippen molar-refractivity contribution in [3.05, 3.63) is 53.3 Å². The lowest BCUT2D eigenvalue weighted by molar-refractivity contribution is 0.171. The average Bonchev–Trinajstić information content (AvgIpc) is 3.26. The predicted octanol–water partition coefficient (Wildman–Crippen LogP) is 2.37. The highest BCUT2D eigenvalue weighted by atomic mass is 35.5. The number of ether oxygens (including phenoxy) is 1. The van der Waals surface area contributed by atoms with Crippen LogP contribution in [0.4, 0.5) is 0 Å². The molecule has 124 valence electrons. The van der Waals surface area contributed by atoms with Crippen LogP contribution in [0.1, 0.15) is 23.6 Å². The Morgan fingerprint density at radius 3 is 3.00 bits per heavy atom. The third kappa shape index (κ3) is 3.25. The van der Waals surface area contributed by atoms with Gasteiger partial charge in [0.1, 0.15) is 0 Å². The average molecular weight is 344 g/mol. The van der Waals surface area contributed by atoms with Gasteiger partial charge in [-0.2, -0.15) is 5.10 Å². The molecule has 0 spiro atoms. The fourth-order valence-electron chi connectivity index (χ4n) is 3.25. The van der Waals surface area contributed by atoms with E-state index in [0.717, 1.165) is 49.7 Å². The summed E-state index contributed by atoms with van der Waals surface area (Å²) in [7, 11) is 0. The zero-order valence-corrected chi connectivity index (χ0v) is 13.9. The standard InChI is InChI=1S/C17H18ClN5O/c18-17-20-6-3-15(21-17)14-10-23(9-12-4-7-24-11-12)22-16(14)13-2-1-5-19-8-13/h1-3,5-6,8,12,14H,4,7,9-11H2. The molecule has 0 aromatic carbocycles. The van der Waals surface area contributed by atoms with Gasteiger partial charge in [0.15, 0.2) is 0 Å². The van der Waals surface area contributed by atoms with E-state index in [4.69, 9.17) is 21.4 Å². The second kappa shape index (κ2) is 6.83. The molecular formula is C17H18ClN5O. The minimum Gasteiger partial charge on any atom is -0.381 e. The summed E-state index contributed by atoms with van der Waals surface area (Å²) in [6, 6.07) is 5.86. The van der Waals surface area contributed by atoms with Crippen LogP contribution in [0, 0.1) is 5.92 Å². The molecule has 1 fully saturated rings. The molecule has 2 aliphatic heterocycles. The van der Waals surface area contributed by atoms with Crippen LogP contribution < -0.4 is 0 Å². The highest BCUT2D eigenvalue weighted by Crippen LogP contribution is 2.29. The molecule has 0 aliphatic carbocycles. The highest BCUT2D eigenvalue weighted by molar-refractivity contribution is 6.28. The van der Waals surface area contributed by atoms with Gasteiger partial charge >= 0.3 is 0 Å². The van der Waals surface area contributed by atoms with Crippen molar-refractivity contribution in [2.75, 3.05) is 26.3 Å². The van der Waals surface area contributed by atoms with E-state index in [1.807, 2.05) is 24.4 Å². The SMILES string of the molecule is Clc1nccc(C2CN(CC3CCOC3)N=C2c2cccnc2)n1. The Hall–Kier alpha value is -2.05. The van der Waals surface area contributed by atoms with Crippen molar-refractivity contribution >= 4 is 17.3 Å². The Morgan fingerprint density at radius 2 is 2.25 bits per heavy atom. The maximum absolute atomic E-state index is 5.99. The van der Waals surface area contributed by atoms with E-state index in [1.54, 1.807) is 12.4 Å². The lowest BCUT2D eigenvalue weighted by Crippen LogP contribution is -2.25. The normalized spacial score (nSPS) is 23.5. The molecule has 0 radical (unpaired) electrons. The number of hydrogen-bond acceptors (Lipinski definition) is 6. The molecule has 6 nitrogen and oxygen atoms in total. The van der Waals surface area contributed by atoms with Crippen LogP contribution in [-0.4, -0.2) is 52.0 Å². The Balaban J connectivity index is 1.63. The van der Waals surface area contributed by atoms with E-state index in [9.17, 15) is 0 Å². The Morgan fingerprint density at radius 1 is 1.29 bits per heavy atom. The van der Waals surface area contributed by atoms with Crippen molar-refractivity contribution in [3.8, 4) is 0 Å². The summed E-state index contributed by atoms with van der Waals surface area (Å²) in [4.78, 5) is 12.6. The van der Waals surface area contributed by atoms with E-state index >= 15 is 0 Å². The zero-order valence-electron chi connectivity index (χ0n) is 13.2. The number of aromatic nitrogens is 3. The number of pyridine rings is 1. The predicted molar refractivity (Wildman–Crippen MR) is 91.1 cm³/mol. The topological polar surface area (TPSA) is 63.5 Å². The lowest BCUT2D eigenvalue weighted by Gasteiger charge is -2.18. The third-order valence-corrected chi connectivity index (χ3v) is 4.61. The van der Waals surface area contributed by atoms with E-state index in [1.165, 1.54) is 0 Å². The second-order valence-electron chi connectivity index (χ2n) is 6.13. The Kier molecular flexibility index (Phi) is 4.40. The van der Waals surface area contributed by atoms with Gasteiger partial charge in [-0.05, 0) is 36.2 Å². The molecule has 2 aromatic rings. The molecule has 24 heavy (non-hydrogen) atoms. The Bertz CT molecular complexity index is 733. The molecule has 7 heteroatoms. The van der Waals surface area contributed by atoms with Gasteiger partial charge in [0.25, 0.3) is 0 Å². The van der Waals surface area contributed by atoms with Crippen LogP contribution in [0.2, 0.25) is 5.28 Å². The molecule has 2 unspecified atom stereocenters. The molecule has 0 bridgehead atoms. The minimum absolute atomic E-state index is 0.0667. The Labute approximate surface area is 145 Å². The summed E-state index contributed by atoms with van der Waals surface area (Å²) in [5.41, 5.74) is 2.89. The monoisotopic (exact) mass is 343 g/mol. The van der Waals surface area contributed by atoms with Crippen LogP contribution in [0.25, 0.3) is 0 Å². The van der Waals surface area contributed by atoms with Gasteiger partial charge in [-0.3, -0.25) is 9.99 Å². The van der Waals surface area contributed by atoms with Crippen molar-refractivity contribution in [3.63, 3.8) is 0 Å². The molecule has 0 N–H and O–H groups in total. The van der Waals surface area contributed by atoms with E-state index < -0.39 is 0 Å². The number of halogens is 1. The number of nitrogens with zero attached hydrogens (tertiary/aromatic N) is 5. The van der Waals surface area contributed by atoms with Gasteiger partial charge in [-0.15, -0.1) is 0 Å². The highest BCUT2D eigenvalue weighted by Gasteiger charge is 2.32. The molecular weight excluding hydrogens is 326 g/mol. The first-order valence-electron chi connectivity index (χ1n) is 8.09. The number of hydrazone groups is 1. The minimum atomic E-state index is 0.0667. The third-order valence-electron chi connectivity index (χ3n) is 4.43. The van der Waals surface area contributed by atoms with Gasteiger partial charge < -0.3 is 4.74 Å². The van der Waals surface area contributed by atoms with Gasteiger partial charge in [-0.25, -0.2) is 9.97 Å². The smallest absolute Gasteiger partial charge is 0.222 e. The van der Waals surface area contributed by atoms with Crippen molar-refractivity contribution in [2.45, 2.75) is 12.3 Å². The first-order valence-corrected chi connectivity index (χ1v) is 8.47. The summed E-state index contributed by atoms with van der Waals surface area (Å²) >= 11 is 5.99. The lowest BCUT2D eigenvalue weighted by atomic mass is 9.95. The molecule has 4 rings (SSSR count). The zero-order chi connectivity index (χ0) is 16.4. The summed E-state index contributed by atoms with van der Waals surface area (Å²) < 4.78 is 5.48. The van der Waals surface area contributed by atoms with Crippen LogP contribution in [0.15, 0.2) is 41.9 Å². The van der Waals surface area contributed by atoms with E-state index in [-0.39, 0.29) is 11.2 Å². The number of rotatable bonds is 4. The van der Waals surface area contributed by atoms with Crippen molar-refractivity contribution in [1.29, 1.82) is 0 Å². The van der Waals surface area contributed by atoms with E-state index in [2.05, 4.69) is 20.0 Å². The van der Waals surface area contributed by atoms with Crippen LogP contribution in [0.3, 0.4) is 0 Å². The van der Waals surface area contributed by atoms with Crippen LogP contribution >= 0.6 is 11.6 Å². The second-order valence-corrected chi connectivity index (χ2v) is 6.47. The summed E-state index contributed by atoms with van der Waals surface area (Å²) in [6.07, 6.45) is 6.40. The quantitative estimate of drug-likeness (QED) is 0.797. The summed E-state index contributed by atoms with van der Waals surface area (Å²) in [5, 5.41) is 7.25. The fourth-order valence-corrected chi connectivity index (χ4v) is 3.40. The number of hydrogen-bond donors (Lipinski definition) is 0. The maximum Gasteiger partial charge on any atom is 0.222 e. The summed E-state index contributed by atoms with van der Waals surface area (Å²) in [6.45, 7) is 3.36. The van der Waals surface area contributed by atoms with Gasteiger partial charge in [0, 0.05) is 43.2 Å². The van der Waals surface area contributed by atoms with Crippen molar-refractivity contribution < 1.29 is 4.74 Å². The fraction of sp³-hybridized carbons (Fsp3) is 0.412. The first kappa shape index (κ1) is 15.5. The molecule has 2 aromatic heterocycles. The molecule has 0 saturated carbocycles. The summed E-state index contributed by atoms with van der Waals surface area (Å²) in [5.74, 6) is 0.605. The van der Waals surface area contributed by atoms with Gasteiger partial charge in [0.2, 0.25) is 5.28 Å². The molecule has 4 heterocycles. The van der Waals surface area contributed by atoms with Crippen LogP contribution in [-0.2, 0) is 4.74 Å². The largest absolute Gasteiger partial charge is 0.381 e. The van der Waals surface area contributed by atoms with Gasteiger partial charge in [0.05, 0.1) is 30.5 Å². The molecule has 2 aliphatic rings. The van der Waals surface area contributed by atoms with Crippen molar-refractivity contribution in [1.82, 2.24) is 20.0 Å². The van der Waals surface area contributed by atoms with Gasteiger partial charge in [-0.1, -0.05) is 0 Å². The molecule has 0 amide bonds. The maximum atomic E-state index is 5.99. The molecule has 1 saturated heterocycles. The van der Waals surface area contributed by atoms with E-state index in [0.29, 0.717) is 5.92 Å². The van der Waals surface area contributed by atoms with Crippen LogP contribution in [0.5, 0.6) is 0 Å². The van der Waals surface area contributed by atoms with Crippen molar-refractivity contribution in [2.24, 2.45) is 11.0 Å².